The average molecular weight is 329 g/mol. The molecule has 0 unspecified atom stereocenters. The first-order valence-electron chi connectivity index (χ1n) is 8.28. The zero-order valence-electron chi connectivity index (χ0n) is 13.3. The minimum atomic E-state index is -0.521. The van der Waals surface area contributed by atoms with Crippen molar-refractivity contribution < 1.29 is 14.0 Å². The molecule has 7 nitrogen and oxygen atoms in total. The quantitative estimate of drug-likeness (QED) is 0.830. The lowest BCUT2D eigenvalue weighted by molar-refractivity contribution is -0.140. The Hall–Kier alpha value is -2.57. The van der Waals surface area contributed by atoms with Crippen molar-refractivity contribution >= 4 is 22.9 Å². The van der Waals surface area contributed by atoms with Crippen LogP contribution in [-0.4, -0.2) is 52.4 Å². The second-order valence-corrected chi connectivity index (χ2v) is 6.40. The lowest BCUT2D eigenvalue weighted by atomic mass is 10.2. The van der Waals surface area contributed by atoms with Gasteiger partial charge in [-0.3, -0.25) is 14.2 Å². The Morgan fingerprint density at radius 1 is 1.04 bits per heavy atom. The maximum atomic E-state index is 12.5. The van der Waals surface area contributed by atoms with Crippen molar-refractivity contribution in [3.63, 3.8) is 0 Å². The van der Waals surface area contributed by atoms with E-state index in [1.807, 2.05) is 4.90 Å². The average Bonchev–Trinajstić information content (AvgIpc) is 3.40. The van der Waals surface area contributed by atoms with Crippen LogP contribution in [0.1, 0.15) is 12.8 Å². The number of carbonyl (C=O) groups excluding carboxylic acids is 2. The Bertz CT molecular complexity index is 841. The number of rotatable bonds is 3. The first-order chi connectivity index (χ1) is 11.6. The largest absolute Gasteiger partial charge is 0.420 e. The van der Waals surface area contributed by atoms with Crippen LogP contribution in [0.15, 0.2) is 33.5 Å². The minimum Gasteiger partial charge on any atom is -0.408 e. The molecule has 1 aliphatic heterocycles. The van der Waals surface area contributed by atoms with Gasteiger partial charge in [0.05, 0.1) is 5.52 Å². The summed E-state index contributed by atoms with van der Waals surface area (Å²) in [4.78, 5) is 40.1. The lowest BCUT2D eigenvalue weighted by Gasteiger charge is -2.35. The van der Waals surface area contributed by atoms with Gasteiger partial charge < -0.3 is 14.2 Å². The van der Waals surface area contributed by atoms with Crippen LogP contribution in [-0.2, 0) is 16.1 Å². The van der Waals surface area contributed by atoms with Crippen LogP contribution in [0.5, 0.6) is 0 Å². The zero-order valence-corrected chi connectivity index (χ0v) is 13.3. The molecule has 0 N–H and O–H groups in total. The van der Waals surface area contributed by atoms with Crippen LogP contribution in [0, 0.1) is 5.92 Å². The molecule has 1 saturated carbocycles. The fourth-order valence-corrected chi connectivity index (χ4v) is 3.16. The van der Waals surface area contributed by atoms with Crippen molar-refractivity contribution in [1.82, 2.24) is 14.4 Å². The third kappa shape index (κ3) is 2.70. The topological polar surface area (TPSA) is 75.8 Å². The summed E-state index contributed by atoms with van der Waals surface area (Å²) < 4.78 is 6.51. The van der Waals surface area contributed by atoms with Gasteiger partial charge >= 0.3 is 5.76 Å². The number of oxazole rings is 1. The van der Waals surface area contributed by atoms with Gasteiger partial charge in [-0.15, -0.1) is 0 Å². The Kier molecular flexibility index (Phi) is 3.63. The third-order valence-corrected chi connectivity index (χ3v) is 4.74. The number of nitrogens with zero attached hydrogens (tertiary/aromatic N) is 3. The highest BCUT2D eigenvalue weighted by atomic mass is 16.4. The smallest absolute Gasteiger partial charge is 0.408 e. The molecule has 1 saturated heterocycles. The molecule has 0 bridgehead atoms. The Balaban J connectivity index is 1.42. The van der Waals surface area contributed by atoms with E-state index in [-0.39, 0.29) is 24.3 Å². The van der Waals surface area contributed by atoms with Crippen LogP contribution in [0.25, 0.3) is 11.1 Å². The van der Waals surface area contributed by atoms with Crippen molar-refractivity contribution in [1.29, 1.82) is 0 Å². The van der Waals surface area contributed by atoms with Gasteiger partial charge in [0.15, 0.2) is 5.58 Å². The summed E-state index contributed by atoms with van der Waals surface area (Å²) in [5.74, 6) is -0.212. The maximum absolute atomic E-state index is 12.5. The summed E-state index contributed by atoms with van der Waals surface area (Å²) in [7, 11) is 0. The number of carbonyl (C=O) groups is 2. The highest BCUT2D eigenvalue weighted by molar-refractivity contribution is 5.82. The van der Waals surface area contributed by atoms with Gasteiger partial charge in [-0.05, 0) is 25.0 Å². The van der Waals surface area contributed by atoms with Gasteiger partial charge in [-0.1, -0.05) is 12.1 Å². The molecule has 24 heavy (non-hydrogen) atoms. The van der Waals surface area contributed by atoms with E-state index in [4.69, 9.17) is 4.42 Å². The van der Waals surface area contributed by atoms with Crippen LogP contribution < -0.4 is 5.76 Å². The van der Waals surface area contributed by atoms with Crippen molar-refractivity contribution in [3.05, 3.63) is 34.8 Å². The molecule has 2 aliphatic rings. The van der Waals surface area contributed by atoms with E-state index in [1.165, 1.54) is 4.57 Å². The van der Waals surface area contributed by atoms with E-state index < -0.39 is 5.76 Å². The normalized spacial score (nSPS) is 18.2. The van der Waals surface area contributed by atoms with E-state index in [0.29, 0.717) is 37.3 Å². The predicted molar refractivity (Wildman–Crippen MR) is 86.4 cm³/mol. The summed E-state index contributed by atoms with van der Waals surface area (Å²) in [6.45, 7) is 2.14. The second kappa shape index (κ2) is 5.81. The highest BCUT2D eigenvalue weighted by Gasteiger charge is 2.35. The fourth-order valence-electron chi connectivity index (χ4n) is 3.16. The maximum Gasteiger partial charge on any atom is 0.420 e. The van der Waals surface area contributed by atoms with Gasteiger partial charge in [0.2, 0.25) is 11.8 Å². The molecule has 2 fully saturated rings. The Labute approximate surface area is 138 Å². The number of aromatic nitrogens is 1. The van der Waals surface area contributed by atoms with Gasteiger partial charge in [0.1, 0.15) is 6.54 Å². The summed E-state index contributed by atoms with van der Waals surface area (Å²) in [5, 5.41) is 0. The highest BCUT2D eigenvalue weighted by Crippen LogP contribution is 2.31. The first-order valence-corrected chi connectivity index (χ1v) is 8.28. The monoisotopic (exact) mass is 329 g/mol. The van der Waals surface area contributed by atoms with Crippen LogP contribution in [0.4, 0.5) is 0 Å². The summed E-state index contributed by atoms with van der Waals surface area (Å²) in [5.41, 5.74) is 1.11. The number of benzene rings is 1. The molecule has 2 amide bonds. The summed E-state index contributed by atoms with van der Waals surface area (Å²) in [6.07, 6.45) is 1.99. The standard InChI is InChI=1S/C17H19N3O4/c21-15(11-20-13-3-1-2-4-14(13)24-17(20)23)18-7-9-19(10-8-18)16(22)12-5-6-12/h1-4,12H,5-11H2. The number of amides is 2. The molecule has 0 spiro atoms. The van der Waals surface area contributed by atoms with E-state index in [2.05, 4.69) is 0 Å². The minimum absolute atomic E-state index is 0.0353. The van der Waals surface area contributed by atoms with Crippen molar-refractivity contribution in [2.75, 3.05) is 26.2 Å². The molecule has 0 radical (unpaired) electrons. The summed E-state index contributed by atoms with van der Waals surface area (Å²) in [6, 6.07) is 7.06. The molecule has 2 heterocycles. The molecule has 1 aromatic heterocycles. The molecule has 1 aromatic carbocycles. The van der Waals surface area contributed by atoms with E-state index in [9.17, 15) is 14.4 Å². The first kappa shape index (κ1) is 15.0. The molecule has 4 rings (SSSR count). The molecular weight excluding hydrogens is 310 g/mol. The van der Waals surface area contributed by atoms with Crippen LogP contribution in [0.2, 0.25) is 0 Å². The second-order valence-electron chi connectivity index (χ2n) is 6.40. The third-order valence-electron chi connectivity index (χ3n) is 4.74. The lowest BCUT2D eigenvalue weighted by Crippen LogP contribution is -2.51. The van der Waals surface area contributed by atoms with Gasteiger partial charge in [0.25, 0.3) is 0 Å². The number of fused-ring (bicyclic) bond motifs is 1. The number of hydrogen-bond acceptors (Lipinski definition) is 4. The van der Waals surface area contributed by atoms with Gasteiger partial charge in [-0.2, -0.15) is 0 Å². The number of hydrogen-bond donors (Lipinski definition) is 0. The molecule has 7 heteroatoms. The van der Waals surface area contributed by atoms with Crippen molar-refractivity contribution in [2.24, 2.45) is 5.92 Å². The van der Waals surface area contributed by atoms with E-state index >= 15 is 0 Å². The van der Waals surface area contributed by atoms with E-state index in [0.717, 1.165) is 12.8 Å². The SMILES string of the molecule is O=C(Cn1c(=O)oc2ccccc21)N1CCN(C(=O)C2CC2)CC1. The van der Waals surface area contributed by atoms with Crippen LogP contribution >= 0.6 is 0 Å². The van der Waals surface area contributed by atoms with Crippen molar-refractivity contribution in [3.8, 4) is 0 Å². The fraction of sp³-hybridized carbons (Fsp3) is 0.471. The summed E-state index contributed by atoms with van der Waals surface area (Å²) >= 11 is 0. The Morgan fingerprint density at radius 2 is 1.71 bits per heavy atom. The number of para-hydroxylation sites is 2. The van der Waals surface area contributed by atoms with E-state index in [1.54, 1.807) is 29.2 Å². The predicted octanol–water partition coefficient (Wildman–Crippen LogP) is 0.675. The molecular formula is C17H19N3O4. The Morgan fingerprint density at radius 3 is 2.42 bits per heavy atom. The molecule has 0 atom stereocenters. The van der Waals surface area contributed by atoms with Gasteiger partial charge in [0, 0.05) is 32.1 Å². The van der Waals surface area contributed by atoms with Gasteiger partial charge in [-0.25, -0.2) is 4.79 Å². The molecule has 1 aliphatic carbocycles. The molecule has 126 valence electrons. The van der Waals surface area contributed by atoms with Crippen molar-refractivity contribution in [2.45, 2.75) is 19.4 Å². The zero-order chi connectivity index (χ0) is 16.7. The number of piperazine rings is 1. The van der Waals surface area contributed by atoms with Crippen LogP contribution in [0.3, 0.4) is 0 Å². The molecule has 2 aromatic rings.